The number of hydrogen-bond donors (Lipinski definition) is 1. The summed E-state index contributed by atoms with van der Waals surface area (Å²) in [6.07, 6.45) is 0.542. The second-order valence-electron chi connectivity index (χ2n) is 7.28. The van der Waals surface area contributed by atoms with Gasteiger partial charge in [0.05, 0.1) is 29.1 Å². The first-order chi connectivity index (χ1) is 14.9. The van der Waals surface area contributed by atoms with Crippen molar-refractivity contribution < 1.29 is 23.1 Å². The van der Waals surface area contributed by atoms with Crippen LogP contribution in [0.2, 0.25) is 5.15 Å². The molecule has 0 aliphatic carbocycles. The second-order valence-corrected chi connectivity index (χ2v) is 9.46. The zero-order valence-electron chi connectivity index (χ0n) is 16.7. The van der Waals surface area contributed by atoms with E-state index >= 15 is 0 Å². The molecule has 1 fully saturated rings. The third-order valence-corrected chi connectivity index (χ3v) is 7.22. The standard InChI is InChI=1S/C21H22ClN3O5S/c22-20-9-8-19-18(23-20)14-16(2-1-3-21(26)27)25(19)31(28,29)17-6-4-15(5-7-17)24-10-12-30-13-11-24/h4-9,14H,1-3,10-13H2,(H,26,27). The summed E-state index contributed by atoms with van der Waals surface area (Å²) in [4.78, 5) is 17.4. The van der Waals surface area contributed by atoms with E-state index in [-0.39, 0.29) is 22.9 Å². The summed E-state index contributed by atoms with van der Waals surface area (Å²) in [7, 11) is -3.92. The summed E-state index contributed by atoms with van der Waals surface area (Å²) in [5, 5.41) is 9.20. The molecule has 0 radical (unpaired) electrons. The van der Waals surface area contributed by atoms with Crippen molar-refractivity contribution in [1.29, 1.82) is 0 Å². The number of fused-ring (bicyclic) bond motifs is 1. The Morgan fingerprint density at radius 2 is 1.84 bits per heavy atom. The molecule has 4 rings (SSSR count). The predicted octanol–water partition coefficient (Wildman–Crippen LogP) is 3.17. The van der Waals surface area contributed by atoms with Gasteiger partial charge in [-0.05, 0) is 55.3 Å². The molecule has 1 aromatic carbocycles. The highest BCUT2D eigenvalue weighted by molar-refractivity contribution is 7.90. The van der Waals surface area contributed by atoms with Crippen molar-refractivity contribution in [3.63, 3.8) is 0 Å². The van der Waals surface area contributed by atoms with Crippen molar-refractivity contribution in [1.82, 2.24) is 8.96 Å². The lowest BCUT2D eigenvalue weighted by atomic mass is 10.2. The van der Waals surface area contributed by atoms with Crippen molar-refractivity contribution in [3.8, 4) is 0 Å². The number of aromatic nitrogens is 2. The van der Waals surface area contributed by atoms with E-state index in [9.17, 15) is 13.2 Å². The van der Waals surface area contributed by atoms with Crippen LogP contribution in [0.5, 0.6) is 0 Å². The summed E-state index contributed by atoms with van der Waals surface area (Å²) < 4.78 is 33.7. The van der Waals surface area contributed by atoms with E-state index in [4.69, 9.17) is 21.4 Å². The Morgan fingerprint density at radius 1 is 1.13 bits per heavy atom. The normalized spacial score (nSPS) is 14.8. The van der Waals surface area contributed by atoms with Gasteiger partial charge >= 0.3 is 5.97 Å². The van der Waals surface area contributed by atoms with Crippen LogP contribution in [-0.2, 0) is 26.0 Å². The van der Waals surface area contributed by atoms with Gasteiger partial charge in [-0.3, -0.25) is 4.79 Å². The number of hydrogen-bond acceptors (Lipinski definition) is 6. The van der Waals surface area contributed by atoms with Crippen molar-refractivity contribution in [2.75, 3.05) is 31.2 Å². The molecule has 0 spiro atoms. The molecule has 0 atom stereocenters. The number of morpholine rings is 1. The molecule has 31 heavy (non-hydrogen) atoms. The molecule has 1 N–H and O–H groups in total. The van der Waals surface area contributed by atoms with E-state index in [0.29, 0.717) is 36.4 Å². The van der Waals surface area contributed by atoms with Crippen LogP contribution in [0.4, 0.5) is 5.69 Å². The zero-order chi connectivity index (χ0) is 22.0. The van der Waals surface area contributed by atoms with Gasteiger partial charge in [0.2, 0.25) is 0 Å². The molecule has 0 bridgehead atoms. The van der Waals surface area contributed by atoms with E-state index in [1.54, 1.807) is 42.5 Å². The van der Waals surface area contributed by atoms with Gasteiger partial charge in [-0.15, -0.1) is 0 Å². The minimum absolute atomic E-state index is 0.0516. The molecule has 0 saturated carbocycles. The number of rotatable bonds is 7. The minimum atomic E-state index is -3.92. The average Bonchev–Trinajstić information content (AvgIpc) is 3.12. The van der Waals surface area contributed by atoms with Gasteiger partial charge in [-0.2, -0.15) is 0 Å². The molecule has 10 heteroatoms. The summed E-state index contributed by atoms with van der Waals surface area (Å²) >= 11 is 5.99. The molecule has 164 valence electrons. The summed E-state index contributed by atoms with van der Waals surface area (Å²) in [6, 6.07) is 11.6. The average molecular weight is 464 g/mol. The maximum atomic E-state index is 13.6. The lowest BCUT2D eigenvalue weighted by Crippen LogP contribution is -2.36. The van der Waals surface area contributed by atoms with Gasteiger partial charge in [0.15, 0.2) is 0 Å². The fraction of sp³-hybridized carbons (Fsp3) is 0.333. The molecular formula is C21H22ClN3O5S. The Balaban J connectivity index is 1.72. The Hall–Kier alpha value is -2.62. The largest absolute Gasteiger partial charge is 0.481 e. The van der Waals surface area contributed by atoms with Crippen molar-refractivity contribution in [2.24, 2.45) is 0 Å². The molecule has 0 unspecified atom stereocenters. The fourth-order valence-electron chi connectivity index (χ4n) is 3.73. The number of pyridine rings is 1. The van der Waals surface area contributed by atoms with Crippen LogP contribution < -0.4 is 4.90 Å². The summed E-state index contributed by atoms with van der Waals surface area (Å²) in [5.74, 6) is -0.926. The van der Waals surface area contributed by atoms with Crippen LogP contribution >= 0.6 is 11.6 Å². The van der Waals surface area contributed by atoms with Crippen molar-refractivity contribution in [3.05, 3.63) is 53.3 Å². The van der Waals surface area contributed by atoms with Crippen LogP contribution in [0, 0.1) is 0 Å². The number of carboxylic acid groups (broad SMARTS) is 1. The molecule has 1 saturated heterocycles. The minimum Gasteiger partial charge on any atom is -0.481 e. The number of halogens is 1. The first-order valence-corrected chi connectivity index (χ1v) is 11.7. The summed E-state index contributed by atoms with van der Waals surface area (Å²) in [6.45, 7) is 2.80. The smallest absolute Gasteiger partial charge is 0.303 e. The van der Waals surface area contributed by atoms with E-state index in [1.807, 2.05) is 0 Å². The molecule has 3 heterocycles. The highest BCUT2D eigenvalue weighted by Crippen LogP contribution is 2.28. The maximum absolute atomic E-state index is 13.6. The number of benzene rings is 1. The highest BCUT2D eigenvalue weighted by Gasteiger charge is 2.24. The van der Waals surface area contributed by atoms with Gasteiger partial charge in [0.25, 0.3) is 10.0 Å². The molecular weight excluding hydrogens is 442 g/mol. The van der Waals surface area contributed by atoms with Crippen molar-refractivity contribution in [2.45, 2.75) is 24.2 Å². The molecule has 8 nitrogen and oxygen atoms in total. The van der Waals surface area contributed by atoms with Gasteiger partial charge in [0, 0.05) is 30.9 Å². The Kier molecular flexibility index (Phi) is 6.17. The first kappa shape index (κ1) is 21.6. The Bertz CT molecular complexity index is 1200. The number of aryl methyl sites for hydroxylation is 1. The third-order valence-electron chi connectivity index (χ3n) is 5.23. The molecule has 0 amide bonds. The Morgan fingerprint density at radius 3 is 2.52 bits per heavy atom. The van der Waals surface area contributed by atoms with Crippen molar-refractivity contribution >= 4 is 44.3 Å². The zero-order valence-corrected chi connectivity index (χ0v) is 18.3. The quantitative estimate of drug-likeness (QED) is 0.537. The fourth-order valence-corrected chi connectivity index (χ4v) is 5.44. The number of carbonyl (C=O) groups is 1. The van der Waals surface area contributed by atoms with E-state index in [1.165, 1.54) is 3.97 Å². The maximum Gasteiger partial charge on any atom is 0.303 e. The number of ether oxygens (including phenoxy) is 1. The van der Waals surface area contributed by atoms with E-state index in [2.05, 4.69) is 9.88 Å². The van der Waals surface area contributed by atoms with Gasteiger partial charge < -0.3 is 14.7 Å². The SMILES string of the molecule is O=C(O)CCCc1cc2nc(Cl)ccc2n1S(=O)(=O)c1ccc(N2CCOCC2)cc1. The highest BCUT2D eigenvalue weighted by atomic mass is 35.5. The lowest BCUT2D eigenvalue weighted by Gasteiger charge is -2.28. The van der Waals surface area contributed by atoms with Crippen LogP contribution in [0.25, 0.3) is 11.0 Å². The van der Waals surface area contributed by atoms with E-state index in [0.717, 1.165) is 18.8 Å². The number of anilines is 1. The number of nitrogens with zero attached hydrogens (tertiary/aromatic N) is 3. The predicted molar refractivity (Wildman–Crippen MR) is 117 cm³/mol. The second kappa shape index (κ2) is 8.86. The van der Waals surface area contributed by atoms with E-state index < -0.39 is 16.0 Å². The Labute approximate surface area is 185 Å². The van der Waals surface area contributed by atoms with Crippen LogP contribution in [0.15, 0.2) is 47.4 Å². The first-order valence-electron chi connectivity index (χ1n) is 9.93. The number of carboxylic acids is 1. The van der Waals surface area contributed by atoms with Crippen LogP contribution in [-0.4, -0.2) is 54.8 Å². The van der Waals surface area contributed by atoms with Gasteiger partial charge in [0.1, 0.15) is 5.15 Å². The molecule has 1 aliphatic rings. The topological polar surface area (TPSA) is 102 Å². The third kappa shape index (κ3) is 4.53. The van der Waals surface area contributed by atoms with Gasteiger partial charge in [-0.1, -0.05) is 11.6 Å². The molecule has 1 aliphatic heterocycles. The number of aliphatic carboxylic acids is 1. The van der Waals surface area contributed by atoms with Gasteiger partial charge in [-0.25, -0.2) is 17.4 Å². The molecule has 2 aromatic heterocycles. The van der Waals surface area contributed by atoms with Crippen LogP contribution in [0.1, 0.15) is 18.5 Å². The van der Waals surface area contributed by atoms with Crippen LogP contribution in [0.3, 0.4) is 0 Å². The summed E-state index contributed by atoms with van der Waals surface area (Å²) in [5.41, 5.74) is 2.27. The lowest BCUT2D eigenvalue weighted by molar-refractivity contribution is -0.137. The monoisotopic (exact) mass is 463 g/mol. The molecule has 3 aromatic rings.